The van der Waals surface area contributed by atoms with Gasteiger partial charge in [0.2, 0.25) is 0 Å². The van der Waals surface area contributed by atoms with Crippen LogP contribution in [0.2, 0.25) is 5.02 Å². The molecule has 1 heterocycles. The molecule has 1 saturated heterocycles. The zero-order valence-electron chi connectivity index (χ0n) is 22.2. The quantitative estimate of drug-likeness (QED) is 0.267. The van der Waals surface area contributed by atoms with Crippen molar-refractivity contribution >= 4 is 26.3 Å². The van der Waals surface area contributed by atoms with Crippen LogP contribution in [0.1, 0.15) is 54.5 Å². The maximum Gasteiger partial charge on any atom is 0.176 e. The van der Waals surface area contributed by atoms with Crippen LogP contribution < -0.4 is 0 Å². The van der Waals surface area contributed by atoms with Crippen molar-refractivity contribution in [2.75, 3.05) is 25.9 Å². The third-order valence-corrected chi connectivity index (χ3v) is 8.93. The molecule has 1 aliphatic carbocycles. The van der Waals surface area contributed by atoms with Gasteiger partial charge < -0.3 is 0 Å². The van der Waals surface area contributed by atoms with E-state index < -0.39 is 21.5 Å². The first-order valence-corrected chi connectivity index (χ1v) is 15.6. The third kappa shape index (κ3) is 6.60. The molecule has 1 atom stereocenters. The molecule has 3 aromatic rings. The monoisotopic (exact) mass is 570 g/mol. The maximum absolute atomic E-state index is 14.0. The van der Waals surface area contributed by atoms with Crippen molar-refractivity contribution in [3.05, 3.63) is 111 Å². The average Bonchev–Trinajstić information content (AvgIpc) is 3.68. The fraction of sp³-hybridized carbons (Fsp3) is 0.355. The molecule has 0 spiro atoms. The van der Waals surface area contributed by atoms with E-state index >= 15 is 0 Å². The number of nitrogens with zero attached hydrogens (tertiary/aromatic N) is 2. The van der Waals surface area contributed by atoms with Gasteiger partial charge in [-0.2, -0.15) is 0 Å². The Balaban J connectivity index is 1.44. The van der Waals surface area contributed by atoms with Gasteiger partial charge in [-0.05, 0) is 77.9 Å². The van der Waals surface area contributed by atoms with Crippen LogP contribution in [0.4, 0.5) is 8.78 Å². The Labute approximate surface area is 234 Å². The number of hydrogen-bond donors (Lipinski definition) is 0. The summed E-state index contributed by atoms with van der Waals surface area (Å²) in [6, 6.07) is 19.8. The summed E-state index contributed by atoms with van der Waals surface area (Å²) in [5, 5.41) is 0.639. The summed E-state index contributed by atoms with van der Waals surface area (Å²) in [5.74, 6) is -1.61. The minimum atomic E-state index is -3.72. The molecule has 0 bridgehead atoms. The Morgan fingerprint density at radius 2 is 1.54 bits per heavy atom. The molecule has 0 radical (unpaired) electrons. The molecular formula is C31H33ClF2N2O2S. The van der Waals surface area contributed by atoms with E-state index in [0.717, 1.165) is 55.1 Å². The molecule has 0 amide bonds. The first-order chi connectivity index (χ1) is 18.6. The molecule has 2 fully saturated rings. The fourth-order valence-corrected chi connectivity index (χ4v) is 6.88. The van der Waals surface area contributed by atoms with Gasteiger partial charge in [0, 0.05) is 43.0 Å². The molecule has 0 N–H and O–H groups in total. The molecule has 8 heteroatoms. The minimum absolute atomic E-state index is 0.00144. The molecule has 1 saturated carbocycles. The highest BCUT2D eigenvalue weighted by Gasteiger charge is 2.35. The van der Waals surface area contributed by atoms with Crippen molar-refractivity contribution in [2.24, 2.45) is 0 Å². The Hall–Kier alpha value is -2.58. The van der Waals surface area contributed by atoms with E-state index in [1.165, 1.54) is 18.4 Å². The average molecular weight is 571 g/mol. The number of halogens is 3. The molecule has 0 aromatic heterocycles. The van der Waals surface area contributed by atoms with E-state index in [4.69, 9.17) is 11.6 Å². The second-order valence-electron chi connectivity index (χ2n) is 10.7. The normalized spacial score (nSPS) is 16.8. The van der Waals surface area contributed by atoms with Crippen molar-refractivity contribution in [3.63, 3.8) is 0 Å². The predicted molar refractivity (Wildman–Crippen MR) is 153 cm³/mol. The van der Waals surface area contributed by atoms with Gasteiger partial charge in [-0.1, -0.05) is 54.9 Å². The maximum atomic E-state index is 14.0. The van der Waals surface area contributed by atoms with Crippen LogP contribution in [-0.2, 0) is 16.4 Å². The van der Waals surface area contributed by atoms with E-state index in [1.54, 1.807) is 0 Å². The van der Waals surface area contributed by atoms with Gasteiger partial charge in [-0.15, -0.1) is 0 Å². The van der Waals surface area contributed by atoms with Crippen molar-refractivity contribution in [1.82, 2.24) is 9.80 Å². The molecule has 1 aliphatic heterocycles. The molecule has 5 rings (SSSR count). The minimum Gasteiger partial charge on any atom is -0.296 e. The summed E-state index contributed by atoms with van der Waals surface area (Å²) < 4.78 is 53.4. The van der Waals surface area contributed by atoms with Crippen LogP contribution in [0.3, 0.4) is 0 Å². The highest BCUT2D eigenvalue weighted by Crippen LogP contribution is 2.39. The van der Waals surface area contributed by atoms with Crippen molar-refractivity contribution in [1.29, 1.82) is 0 Å². The topological polar surface area (TPSA) is 40.6 Å². The molecular weight excluding hydrogens is 538 g/mol. The zero-order valence-corrected chi connectivity index (χ0v) is 23.8. The lowest BCUT2D eigenvalue weighted by atomic mass is 9.91. The van der Waals surface area contributed by atoms with E-state index in [9.17, 15) is 17.2 Å². The smallest absolute Gasteiger partial charge is 0.176 e. The third-order valence-electron chi connectivity index (χ3n) is 7.41. The second-order valence-corrected chi connectivity index (χ2v) is 13.1. The molecule has 1 unspecified atom stereocenters. The lowest BCUT2D eigenvalue weighted by Gasteiger charge is -2.42. The summed E-state index contributed by atoms with van der Waals surface area (Å²) in [6.07, 6.45) is 4.77. The molecule has 206 valence electrons. The summed E-state index contributed by atoms with van der Waals surface area (Å²) >= 11 is 6.17. The standard InChI is InChI=1S/C31H33ClF2N2O2S/c1-3-14-35(29-12-13-29)18-21-4-6-22(7-5-21)30(23-8-10-26(32)11-9-23)36-19-25(20-36)31(39(2,37)38)24-15-27(33)17-28(34)16-24/h4-11,15-17,29-30H,3,12-14,18-20H2,1-2H3. The highest BCUT2D eigenvalue weighted by molar-refractivity contribution is 8.00. The molecule has 39 heavy (non-hydrogen) atoms. The number of hydrogen-bond acceptors (Lipinski definition) is 4. The number of benzene rings is 3. The van der Waals surface area contributed by atoms with Gasteiger partial charge in [0.15, 0.2) is 9.84 Å². The Bertz CT molecular complexity index is 1440. The van der Waals surface area contributed by atoms with E-state index in [2.05, 4.69) is 41.0 Å². The van der Waals surface area contributed by atoms with Crippen LogP contribution in [0, 0.1) is 11.6 Å². The Morgan fingerprint density at radius 3 is 2.05 bits per heavy atom. The van der Waals surface area contributed by atoms with Gasteiger partial charge in [0.25, 0.3) is 0 Å². The molecule has 2 aliphatic rings. The van der Waals surface area contributed by atoms with E-state index in [0.29, 0.717) is 29.7 Å². The Kier molecular flexibility index (Phi) is 8.24. The Morgan fingerprint density at radius 1 is 0.974 bits per heavy atom. The summed E-state index contributed by atoms with van der Waals surface area (Å²) in [5.41, 5.74) is 4.08. The van der Waals surface area contributed by atoms with Crippen LogP contribution in [0.5, 0.6) is 0 Å². The predicted octanol–water partition coefficient (Wildman–Crippen LogP) is 6.85. The van der Waals surface area contributed by atoms with Gasteiger partial charge in [-0.3, -0.25) is 9.80 Å². The van der Waals surface area contributed by atoms with Gasteiger partial charge >= 0.3 is 0 Å². The summed E-state index contributed by atoms with van der Waals surface area (Å²) in [7, 11) is -3.72. The SMILES string of the molecule is CCCN(Cc1ccc(C(c2ccc(Cl)cc2)N2CC(=C(c3cc(F)cc(F)c3)S(C)(=O)=O)C2)cc1)C1CC1. The molecule has 4 nitrogen and oxygen atoms in total. The van der Waals surface area contributed by atoms with Crippen LogP contribution >= 0.6 is 11.6 Å². The van der Waals surface area contributed by atoms with E-state index in [1.807, 2.05) is 24.3 Å². The number of likely N-dealkylation sites (tertiary alicyclic amines) is 1. The zero-order chi connectivity index (χ0) is 27.7. The van der Waals surface area contributed by atoms with Gasteiger partial charge in [-0.25, -0.2) is 17.2 Å². The lowest BCUT2D eigenvalue weighted by molar-refractivity contribution is 0.203. The van der Waals surface area contributed by atoms with Crippen molar-refractivity contribution in [3.8, 4) is 0 Å². The van der Waals surface area contributed by atoms with Crippen LogP contribution in [0.15, 0.2) is 72.3 Å². The molecule has 3 aromatic carbocycles. The largest absolute Gasteiger partial charge is 0.296 e. The highest BCUT2D eigenvalue weighted by atomic mass is 35.5. The number of rotatable bonds is 10. The summed E-state index contributed by atoms with van der Waals surface area (Å²) in [4.78, 5) is 4.72. The van der Waals surface area contributed by atoms with Crippen molar-refractivity contribution in [2.45, 2.75) is 44.8 Å². The first-order valence-electron chi connectivity index (χ1n) is 13.3. The van der Waals surface area contributed by atoms with E-state index in [-0.39, 0.29) is 16.5 Å². The van der Waals surface area contributed by atoms with Gasteiger partial charge in [0.1, 0.15) is 11.6 Å². The van der Waals surface area contributed by atoms with Gasteiger partial charge in [0.05, 0.1) is 10.9 Å². The van der Waals surface area contributed by atoms with Crippen molar-refractivity contribution < 1.29 is 17.2 Å². The lowest BCUT2D eigenvalue weighted by Crippen LogP contribution is -2.44. The second kappa shape index (κ2) is 11.5. The van der Waals surface area contributed by atoms with Crippen LogP contribution in [-0.4, -0.2) is 50.1 Å². The fourth-order valence-electron chi connectivity index (χ4n) is 5.55. The first kappa shape index (κ1) is 28.0. The van der Waals surface area contributed by atoms with Crippen LogP contribution in [0.25, 0.3) is 4.91 Å². The number of sulfone groups is 1. The summed E-state index contributed by atoms with van der Waals surface area (Å²) in [6.45, 7) is 4.97.